The number of nitrogens with one attached hydrogen (secondary N) is 1. The predicted octanol–water partition coefficient (Wildman–Crippen LogP) is 2.57. The van der Waals surface area contributed by atoms with Crippen molar-refractivity contribution in [2.24, 2.45) is 0 Å². The zero-order valence-electron chi connectivity index (χ0n) is 10.00. The van der Waals surface area contributed by atoms with Crippen LogP contribution < -0.4 is 5.32 Å². The lowest BCUT2D eigenvalue weighted by Gasteiger charge is -2.01. The highest BCUT2D eigenvalue weighted by Crippen LogP contribution is 1.98. The third-order valence-corrected chi connectivity index (χ3v) is 2.53. The molecule has 0 atom stereocenters. The molecule has 3 heteroatoms. The summed E-state index contributed by atoms with van der Waals surface area (Å²) in [6.07, 6.45) is 7.32. The Kier molecular flexibility index (Phi) is 6.09. The van der Waals surface area contributed by atoms with Gasteiger partial charge in [-0.2, -0.15) is 5.10 Å². The molecule has 0 aliphatic heterocycles. The first kappa shape index (κ1) is 12.2. The van der Waals surface area contributed by atoms with Gasteiger partial charge in [0.05, 0.1) is 5.69 Å². The van der Waals surface area contributed by atoms with Crippen LogP contribution in [0.5, 0.6) is 0 Å². The molecule has 0 aliphatic carbocycles. The molecule has 0 saturated heterocycles. The van der Waals surface area contributed by atoms with Gasteiger partial charge in [-0.25, -0.2) is 0 Å². The van der Waals surface area contributed by atoms with E-state index in [9.17, 15) is 0 Å². The van der Waals surface area contributed by atoms with E-state index in [0.29, 0.717) is 0 Å². The monoisotopic (exact) mass is 209 g/mol. The molecule has 0 aliphatic rings. The first-order valence-electron chi connectivity index (χ1n) is 6.09. The molecule has 0 radical (unpaired) electrons. The zero-order valence-corrected chi connectivity index (χ0v) is 10.00. The van der Waals surface area contributed by atoms with Gasteiger partial charge in [-0.3, -0.25) is 4.68 Å². The van der Waals surface area contributed by atoms with Gasteiger partial charge in [0, 0.05) is 19.3 Å². The Hall–Kier alpha value is -0.830. The molecular formula is C12H23N3. The van der Waals surface area contributed by atoms with Crippen molar-refractivity contribution in [3.8, 4) is 0 Å². The fourth-order valence-electron chi connectivity index (χ4n) is 1.57. The van der Waals surface area contributed by atoms with E-state index in [-0.39, 0.29) is 0 Å². The summed E-state index contributed by atoms with van der Waals surface area (Å²) < 4.78 is 1.97. The van der Waals surface area contributed by atoms with Crippen LogP contribution in [0, 0.1) is 0 Å². The standard InChI is InChI=1S/C12H23N3/c1-3-5-6-7-9-13-11-12-8-10-15(4-2)14-12/h8,10,13H,3-7,9,11H2,1-2H3. The van der Waals surface area contributed by atoms with Crippen molar-refractivity contribution >= 4 is 0 Å². The molecule has 3 nitrogen and oxygen atoms in total. The highest BCUT2D eigenvalue weighted by molar-refractivity contribution is 4.98. The number of aryl methyl sites for hydroxylation is 1. The average molecular weight is 209 g/mol. The van der Waals surface area contributed by atoms with E-state index in [1.54, 1.807) is 0 Å². The zero-order chi connectivity index (χ0) is 10.9. The summed E-state index contributed by atoms with van der Waals surface area (Å²) in [5, 5.41) is 7.84. The lowest BCUT2D eigenvalue weighted by atomic mass is 10.2. The highest BCUT2D eigenvalue weighted by atomic mass is 15.3. The van der Waals surface area contributed by atoms with E-state index in [2.05, 4.69) is 30.3 Å². The molecule has 1 rings (SSSR count). The van der Waals surface area contributed by atoms with Crippen LogP contribution in [0.15, 0.2) is 12.3 Å². The Labute approximate surface area is 92.9 Å². The summed E-state index contributed by atoms with van der Waals surface area (Å²) in [7, 11) is 0. The normalized spacial score (nSPS) is 10.8. The Morgan fingerprint density at radius 3 is 2.80 bits per heavy atom. The van der Waals surface area contributed by atoms with Crippen molar-refractivity contribution in [2.45, 2.75) is 52.6 Å². The maximum atomic E-state index is 4.42. The minimum Gasteiger partial charge on any atom is -0.311 e. The molecule has 86 valence electrons. The molecule has 1 aromatic heterocycles. The third-order valence-electron chi connectivity index (χ3n) is 2.53. The predicted molar refractivity (Wildman–Crippen MR) is 63.7 cm³/mol. The van der Waals surface area contributed by atoms with Gasteiger partial charge in [-0.15, -0.1) is 0 Å². The van der Waals surface area contributed by atoms with Crippen LogP contribution >= 0.6 is 0 Å². The smallest absolute Gasteiger partial charge is 0.0762 e. The van der Waals surface area contributed by atoms with Gasteiger partial charge < -0.3 is 5.32 Å². The maximum absolute atomic E-state index is 4.42. The van der Waals surface area contributed by atoms with Crippen LogP contribution in [-0.4, -0.2) is 16.3 Å². The van der Waals surface area contributed by atoms with Crippen molar-refractivity contribution in [2.75, 3.05) is 6.54 Å². The van der Waals surface area contributed by atoms with E-state index in [4.69, 9.17) is 0 Å². The Morgan fingerprint density at radius 1 is 1.27 bits per heavy atom. The van der Waals surface area contributed by atoms with Crippen LogP contribution in [0.1, 0.15) is 45.2 Å². The molecule has 0 amide bonds. The summed E-state index contributed by atoms with van der Waals surface area (Å²) >= 11 is 0. The molecule has 0 bridgehead atoms. The van der Waals surface area contributed by atoms with Gasteiger partial charge in [-0.1, -0.05) is 26.2 Å². The van der Waals surface area contributed by atoms with Gasteiger partial charge in [-0.05, 0) is 26.0 Å². The SMILES string of the molecule is CCCCCCNCc1ccn(CC)n1. The van der Waals surface area contributed by atoms with E-state index in [0.717, 1.165) is 25.3 Å². The van der Waals surface area contributed by atoms with E-state index in [1.165, 1.54) is 25.7 Å². The summed E-state index contributed by atoms with van der Waals surface area (Å²) in [6, 6.07) is 2.09. The summed E-state index contributed by atoms with van der Waals surface area (Å²) in [5.74, 6) is 0. The highest BCUT2D eigenvalue weighted by Gasteiger charge is 1.96. The van der Waals surface area contributed by atoms with Crippen molar-refractivity contribution in [3.05, 3.63) is 18.0 Å². The van der Waals surface area contributed by atoms with Crippen LogP contribution in [0.4, 0.5) is 0 Å². The number of hydrogen-bond acceptors (Lipinski definition) is 2. The number of rotatable bonds is 8. The molecule has 0 spiro atoms. The van der Waals surface area contributed by atoms with Crippen molar-refractivity contribution in [1.82, 2.24) is 15.1 Å². The quantitative estimate of drug-likeness (QED) is 0.667. The molecule has 0 saturated carbocycles. The first-order valence-corrected chi connectivity index (χ1v) is 6.09. The van der Waals surface area contributed by atoms with Gasteiger partial charge >= 0.3 is 0 Å². The largest absolute Gasteiger partial charge is 0.311 e. The van der Waals surface area contributed by atoms with E-state index in [1.807, 2.05) is 10.9 Å². The summed E-state index contributed by atoms with van der Waals surface area (Å²) in [4.78, 5) is 0. The summed E-state index contributed by atoms with van der Waals surface area (Å²) in [5.41, 5.74) is 1.15. The molecule has 0 aromatic carbocycles. The molecule has 15 heavy (non-hydrogen) atoms. The van der Waals surface area contributed by atoms with Crippen LogP contribution in [0.2, 0.25) is 0 Å². The fraction of sp³-hybridized carbons (Fsp3) is 0.750. The van der Waals surface area contributed by atoms with Gasteiger partial charge in [0.2, 0.25) is 0 Å². The van der Waals surface area contributed by atoms with Gasteiger partial charge in [0.1, 0.15) is 0 Å². The van der Waals surface area contributed by atoms with Crippen LogP contribution in [0.3, 0.4) is 0 Å². The number of aromatic nitrogens is 2. The first-order chi connectivity index (χ1) is 7.36. The van der Waals surface area contributed by atoms with Gasteiger partial charge in [0.15, 0.2) is 0 Å². The van der Waals surface area contributed by atoms with Gasteiger partial charge in [0.25, 0.3) is 0 Å². The molecular weight excluding hydrogens is 186 g/mol. The average Bonchev–Trinajstić information content (AvgIpc) is 2.71. The van der Waals surface area contributed by atoms with Crippen LogP contribution in [0.25, 0.3) is 0 Å². The molecule has 1 N–H and O–H groups in total. The Bertz CT molecular complexity index is 255. The number of hydrogen-bond donors (Lipinski definition) is 1. The number of unbranched alkanes of at least 4 members (excludes halogenated alkanes) is 3. The Balaban J connectivity index is 2.04. The summed E-state index contributed by atoms with van der Waals surface area (Å²) in [6.45, 7) is 7.31. The lowest BCUT2D eigenvalue weighted by molar-refractivity contribution is 0.581. The topological polar surface area (TPSA) is 29.9 Å². The lowest BCUT2D eigenvalue weighted by Crippen LogP contribution is -2.15. The Morgan fingerprint density at radius 2 is 2.13 bits per heavy atom. The van der Waals surface area contributed by atoms with Crippen molar-refractivity contribution in [3.63, 3.8) is 0 Å². The molecule has 0 unspecified atom stereocenters. The van der Waals surface area contributed by atoms with Crippen molar-refractivity contribution in [1.29, 1.82) is 0 Å². The van der Waals surface area contributed by atoms with E-state index < -0.39 is 0 Å². The van der Waals surface area contributed by atoms with E-state index >= 15 is 0 Å². The molecule has 0 fully saturated rings. The third kappa shape index (κ3) is 4.98. The second kappa shape index (κ2) is 7.46. The fourth-order valence-corrected chi connectivity index (χ4v) is 1.57. The van der Waals surface area contributed by atoms with Crippen LogP contribution in [-0.2, 0) is 13.1 Å². The minimum absolute atomic E-state index is 0.902. The number of nitrogens with zero attached hydrogens (tertiary/aromatic N) is 2. The van der Waals surface area contributed by atoms with Crippen molar-refractivity contribution < 1.29 is 0 Å². The minimum atomic E-state index is 0.902. The second-order valence-electron chi connectivity index (χ2n) is 3.90. The molecule has 1 heterocycles. The maximum Gasteiger partial charge on any atom is 0.0762 e. The molecule has 1 aromatic rings. The second-order valence-corrected chi connectivity index (χ2v) is 3.90.